The van der Waals surface area contributed by atoms with Crippen molar-refractivity contribution in [3.63, 3.8) is 0 Å². The SMILES string of the molecule is COC(=O)C(C)(CCCSC1CCOC1C)NC1CC1. The van der Waals surface area contributed by atoms with Crippen LogP contribution in [0, 0.1) is 0 Å². The Kier molecular flexibility index (Phi) is 5.75. The molecule has 0 spiro atoms. The van der Waals surface area contributed by atoms with Crippen molar-refractivity contribution in [1.29, 1.82) is 0 Å². The van der Waals surface area contributed by atoms with Crippen molar-refractivity contribution in [1.82, 2.24) is 5.32 Å². The third kappa shape index (κ3) is 4.37. The largest absolute Gasteiger partial charge is 0.468 e. The van der Waals surface area contributed by atoms with Crippen LogP contribution in [0.15, 0.2) is 0 Å². The molecule has 3 atom stereocenters. The van der Waals surface area contributed by atoms with Gasteiger partial charge in [-0.2, -0.15) is 11.8 Å². The molecule has 116 valence electrons. The lowest BCUT2D eigenvalue weighted by molar-refractivity contribution is -0.148. The molecule has 3 unspecified atom stereocenters. The number of hydrogen-bond donors (Lipinski definition) is 1. The van der Waals surface area contributed by atoms with Gasteiger partial charge in [0.15, 0.2) is 0 Å². The molecule has 2 fully saturated rings. The minimum Gasteiger partial charge on any atom is -0.468 e. The fraction of sp³-hybridized carbons (Fsp3) is 0.933. The smallest absolute Gasteiger partial charge is 0.325 e. The predicted octanol–water partition coefficient (Wildman–Crippen LogP) is 2.36. The van der Waals surface area contributed by atoms with Crippen LogP contribution in [0.4, 0.5) is 0 Å². The van der Waals surface area contributed by atoms with Crippen LogP contribution in [-0.2, 0) is 14.3 Å². The van der Waals surface area contributed by atoms with Gasteiger partial charge in [-0.25, -0.2) is 0 Å². The van der Waals surface area contributed by atoms with Gasteiger partial charge in [0.25, 0.3) is 0 Å². The number of carbonyl (C=O) groups is 1. The van der Waals surface area contributed by atoms with Crippen LogP contribution < -0.4 is 5.32 Å². The van der Waals surface area contributed by atoms with Crippen molar-refractivity contribution in [2.45, 2.75) is 68.9 Å². The quantitative estimate of drug-likeness (QED) is 0.551. The van der Waals surface area contributed by atoms with Crippen molar-refractivity contribution in [3.8, 4) is 0 Å². The van der Waals surface area contributed by atoms with E-state index in [1.165, 1.54) is 20.0 Å². The maximum Gasteiger partial charge on any atom is 0.325 e. The molecule has 1 N–H and O–H groups in total. The summed E-state index contributed by atoms with van der Waals surface area (Å²) in [7, 11) is 1.47. The summed E-state index contributed by atoms with van der Waals surface area (Å²) in [5.74, 6) is 0.948. The monoisotopic (exact) mass is 301 g/mol. The van der Waals surface area contributed by atoms with E-state index >= 15 is 0 Å². The zero-order valence-corrected chi connectivity index (χ0v) is 13.6. The first-order chi connectivity index (χ1) is 9.55. The molecule has 0 aromatic carbocycles. The molecule has 1 heterocycles. The summed E-state index contributed by atoms with van der Waals surface area (Å²) >= 11 is 1.98. The van der Waals surface area contributed by atoms with E-state index in [1.54, 1.807) is 0 Å². The number of carbonyl (C=O) groups excluding carboxylic acids is 1. The highest BCUT2D eigenvalue weighted by Crippen LogP contribution is 2.29. The highest BCUT2D eigenvalue weighted by molar-refractivity contribution is 7.99. The van der Waals surface area contributed by atoms with E-state index in [0.717, 1.165) is 31.6 Å². The summed E-state index contributed by atoms with van der Waals surface area (Å²) in [4.78, 5) is 12.0. The number of methoxy groups -OCH3 is 1. The molecule has 0 amide bonds. The van der Waals surface area contributed by atoms with Gasteiger partial charge in [0, 0.05) is 17.9 Å². The highest BCUT2D eigenvalue weighted by atomic mass is 32.2. The Morgan fingerprint density at radius 3 is 2.75 bits per heavy atom. The van der Waals surface area contributed by atoms with Gasteiger partial charge in [-0.15, -0.1) is 0 Å². The van der Waals surface area contributed by atoms with Crippen LogP contribution >= 0.6 is 11.8 Å². The topological polar surface area (TPSA) is 47.6 Å². The van der Waals surface area contributed by atoms with E-state index in [0.29, 0.717) is 17.4 Å². The zero-order valence-electron chi connectivity index (χ0n) is 12.8. The molecule has 1 saturated heterocycles. The van der Waals surface area contributed by atoms with Crippen LogP contribution in [0.25, 0.3) is 0 Å². The third-order valence-corrected chi connectivity index (χ3v) is 5.77. The molecule has 2 rings (SSSR count). The molecule has 1 aliphatic carbocycles. The Morgan fingerprint density at radius 2 is 2.20 bits per heavy atom. The van der Waals surface area contributed by atoms with Gasteiger partial charge in [-0.05, 0) is 51.7 Å². The molecule has 20 heavy (non-hydrogen) atoms. The third-order valence-electron chi connectivity index (χ3n) is 4.20. The molecule has 1 saturated carbocycles. The molecule has 5 heteroatoms. The number of esters is 1. The predicted molar refractivity (Wildman–Crippen MR) is 82.1 cm³/mol. The lowest BCUT2D eigenvalue weighted by atomic mass is 9.96. The standard InChI is InChI=1S/C15H27NO3S/c1-11-13(7-9-19-11)20-10-4-8-15(2,14(17)18-3)16-12-5-6-12/h11-13,16H,4-10H2,1-3H3. The van der Waals surface area contributed by atoms with Gasteiger partial charge in [-0.1, -0.05) is 0 Å². The van der Waals surface area contributed by atoms with Crippen molar-refractivity contribution >= 4 is 17.7 Å². The maximum absolute atomic E-state index is 12.0. The minimum absolute atomic E-state index is 0.132. The van der Waals surface area contributed by atoms with Crippen LogP contribution in [0.5, 0.6) is 0 Å². The van der Waals surface area contributed by atoms with Gasteiger partial charge in [0.1, 0.15) is 5.54 Å². The maximum atomic E-state index is 12.0. The van der Waals surface area contributed by atoms with E-state index in [-0.39, 0.29) is 5.97 Å². The summed E-state index contributed by atoms with van der Waals surface area (Å²) in [6.45, 7) is 5.02. The molecular weight excluding hydrogens is 274 g/mol. The molecule has 4 nitrogen and oxygen atoms in total. The van der Waals surface area contributed by atoms with Crippen LogP contribution in [0.2, 0.25) is 0 Å². The first-order valence-electron chi connectivity index (χ1n) is 7.64. The molecule has 0 radical (unpaired) electrons. The van der Waals surface area contributed by atoms with E-state index in [2.05, 4.69) is 12.2 Å². The normalized spacial score (nSPS) is 29.1. The number of rotatable bonds is 8. The van der Waals surface area contributed by atoms with E-state index < -0.39 is 5.54 Å². The second-order valence-corrected chi connectivity index (χ2v) is 7.47. The second kappa shape index (κ2) is 7.14. The molecule has 0 aromatic heterocycles. The molecular formula is C15H27NO3S. The van der Waals surface area contributed by atoms with Gasteiger partial charge < -0.3 is 9.47 Å². The lowest BCUT2D eigenvalue weighted by Crippen LogP contribution is -2.51. The van der Waals surface area contributed by atoms with Gasteiger partial charge >= 0.3 is 5.97 Å². The Morgan fingerprint density at radius 1 is 1.45 bits per heavy atom. The Hall–Kier alpha value is -0.260. The van der Waals surface area contributed by atoms with E-state index in [1.807, 2.05) is 18.7 Å². The summed E-state index contributed by atoms with van der Waals surface area (Å²) < 4.78 is 10.5. The fourth-order valence-corrected chi connectivity index (χ4v) is 3.95. The Bertz CT molecular complexity index is 335. The fourth-order valence-electron chi connectivity index (χ4n) is 2.73. The number of nitrogens with one attached hydrogen (secondary N) is 1. The van der Waals surface area contributed by atoms with Crippen LogP contribution in [0.1, 0.15) is 46.0 Å². The van der Waals surface area contributed by atoms with Gasteiger partial charge in [0.05, 0.1) is 13.2 Å². The van der Waals surface area contributed by atoms with Crippen molar-refractivity contribution in [2.24, 2.45) is 0 Å². The Balaban J connectivity index is 1.72. The Labute approximate surface area is 126 Å². The van der Waals surface area contributed by atoms with Crippen molar-refractivity contribution in [2.75, 3.05) is 19.5 Å². The molecule has 0 aromatic rings. The zero-order chi connectivity index (χ0) is 14.6. The van der Waals surface area contributed by atoms with Gasteiger partial charge in [-0.3, -0.25) is 10.1 Å². The van der Waals surface area contributed by atoms with Crippen LogP contribution in [-0.4, -0.2) is 48.4 Å². The highest BCUT2D eigenvalue weighted by Gasteiger charge is 2.38. The summed E-state index contributed by atoms with van der Waals surface area (Å²) in [6.07, 6.45) is 5.75. The van der Waals surface area contributed by atoms with E-state index in [9.17, 15) is 4.79 Å². The number of thioether (sulfide) groups is 1. The van der Waals surface area contributed by atoms with E-state index in [4.69, 9.17) is 9.47 Å². The van der Waals surface area contributed by atoms with Gasteiger partial charge in [0.2, 0.25) is 0 Å². The minimum atomic E-state index is -0.520. The lowest BCUT2D eigenvalue weighted by Gasteiger charge is -2.28. The van der Waals surface area contributed by atoms with Crippen molar-refractivity contribution < 1.29 is 14.3 Å². The summed E-state index contributed by atoms with van der Waals surface area (Å²) in [5, 5.41) is 4.07. The molecule has 1 aliphatic heterocycles. The molecule has 0 bridgehead atoms. The number of hydrogen-bond acceptors (Lipinski definition) is 5. The average Bonchev–Trinajstić information content (AvgIpc) is 3.14. The first kappa shape index (κ1) is 16.1. The summed E-state index contributed by atoms with van der Waals surface area (Å²) in [6, 6.07) is 0.509. The summed E-state index contributed by atoms with van der Waals surface area (Å²) in [5.41, 5.74) is -0.520. The van der Waals surface area contributed by atoms with Crippen molar-refractivity contribution in [3.05, 3.63) is 0 Å². The number of ether oxygens (including phenoxy) is 2. The second-order valence-electron chi connectivity index (χ2n) is 6.12. The molecule has 2 aliphatic rings. The first-order valence-corrected chi connectivity index (χ1v) is 8.69. The average molecular weight is 301 g/mol. The van der Waals surface area contributed by atoms with Crippen LogP contribution in [0.3, 0.4) is 0 Å².